The SMILES string of the molecule is CC.CC.CCN(C(=O)c1cc(F)ccc1Oc1nncnc1N1CCC2(C1)CN(C(CCCN(C)CCOC)C(C)C)C2)C(C)C. The highest BCUT2D eigenvalue weighted by Gasteiger charge is 2.50. The zero-order chi connectivity index (χ0) is 35.1. The summed E-state index contributed by atoms with van der Waals surface area (Å²) in [5.41, 5.74) is 0.366. The first kappa shape index (κ1) is 40.3. The number of halogens is 1. The van der Waals surface area contributed by atoms with Crippen LogP contribution >= 0.6 is 0 Å². The quantitative estimate of drug-likeness (QED) is 0.209. The zero-order valence-electron chi connectivity index (χ0n) is 31.1. The first-order valence-electron chi connectivity index (χ1n) is 17.7. The number of aromatic nitrogens is 3. The van der Waals surface area contributed by atoms with E-state index in [-0.39, 0.29) is 34.6 Å². The third-order valence-corrected chi connectivity index (χ3v) is 8.95. The Balaban J connectivity index is 0.00000185. The predicted molar refractivity (Wildman–Crippen MR) is 189 cm³/mol. The predicted octanol–water partition coefficient (Wildman–Crippen LogP) is 6.62. The van der Waals surface area contributed by atoms with Gasteiger partial charge < -0.3 is 24.2 Å². The van der Waals surface area contributed by atoms with Crippen molar-refractivity contribution < 1.29 is 18.7 Å². The van der Waals surface area contributed by atoms with Crippen molar-refractivity contribution >= 4 is 11.7 Å². The molecule has 2 fully saturated rings. The number of likely N-dealkylation sites (N-methyl/N-ethyl adjacent to an activating group) is 1. The van der Waals surface area contributed by atoms with Gasteiger partial charge in [-0.3, -0.25) is 9.69 Å². The Morgan fingerprint density at radius 3 is 2.40 bits per heavy atom. The number of methoxy groups -OCH3 is 1. The van der Waals surface area contributed by atoms with Gasteiger partial charge in [0, 0.05) is 63.9 Å². The van der Waals surface area contributed by atoms with Crippen LogP contribution in [-0.2, 0) is 4.74 Å². The minimum Gasteiger partial charge on any atom is -0.434 e. The molecule has 1 atom stereocenters. The largest absolute Gasteiger partial charge is 0.434 e. The number of carbonyl (C=O) groups excluding carboxylic acids is 1. The van der Waals surface area contributed by atoms with Crippen molar-refractivity contribution in [2.24, 2.45) is 11.3 Å². The number of rotatable bonds is 15. The monoisotopic (exact) mass is 659 g/mol. The molecule has 0 bridgehead atoms. The summed E-state index contributed by atoms with van der Waals surface area (Å²) in [4.78, 5) is 26.8. The number of carbonyl (C=O) groups is 1. The highest BCUT2D eigenvalue weighted by atomic mass is 19.1. The van der Waals surface area contributed by atoms with Gasteiger partial charge in [-0.1, -0.05) is 41.5 Å². The normalized spacial score (nSPS) is 16.0. The Bertz CT molecular complexity index is 1210. The van der Waals surface area contributed by atoms with E-state index in [9.17, 15) is 9.18 Å². The molecule has 2 aromatic rings. The van der Waals surface area contributed by atoms with E-state index in [1.807, 2.05) is 48.5 Å². The van der Waals surface area contributed by atoms with Gasteiger partial charge >= 0.3 is 0 Å². The molecular weight excluding hydrogens is 597 g/mol. The highest BCUT2D eigenvalue weighted by molar-refractivity contribution is 5.97. The molecule has 1 spiro atoms. The molecule has 2 saturated heterocycles. The molecule has 1 aromatic carbocycles. The fourth-order valence-corrected chi connectivity index (χ4v) is 6.59. The maximum atomic E-state index is 14.3. The van der Waals surface area contributed by atoms with E-state index >= 15 is 0 Å². The smallest absolute Gasteiger partial charge is 0.282 e. The van der Waals surface area contributed by atoms with Gasteiger partial charge in [0.1, 0.15) is 17.9 Å². The van der Waals surface area contributed by atoms with E-state index in [1.54, 1.807) is 12.0 Å². The Morgan fingerprint density at radius 1 is 1.09 bits per heavy atom. The third kappa shape index (κ3) is 10.8. The average molecular weight is 660 g/mol. The number of likely N-dealkylation sites (tertiary alicyclic amines) is 1. The molecule has 0 saturated carbocycles. The fourth-order valence-electron chi connectivity index (χ4n) is 6.59. The van der Waals surface area contributed by atoms with Gasteiger partial charge in [0.2, 0.25) is 0 Å². The summed E-state index contributed by atoms with van der Waals surface area (Å²) in [6.07, 6.45) is 4.85. The van der Waals surface area contributed by atoms with Gasteiger partial charge in [0.15, 0.2) is 5.82 Å². The molecule has 1 unspecified atom stereocenters. The van der Waals surface area contributed by atoms with Crippen LogP contribution in [0.4, 0.5) is 10.2 Å². The molecule has 2 aliphatic rings. The molecule has 0 aliphatic carbocycles. The van der Waals surface area contributed by atoms with Gasteiger partial charge in [0.05, 0.1) is 12.2 Å². The van der Waals surface area contributed by atoms with E-state index in [1.165, 1.54) is 37.4 Å². The van der Waals surface area contributed by atoms with Crippen molar-refractivity contribution in [1.82, 2.24) is 29.9 Å². The molecule has 0 radical (unpaired) electrons. The lowest BCUT2D eigenvalue weighted by atomic mass is 9.76. The van der Waals surface area contributed by atoms with Crippen molar-refractivity contribution in [1.29, 1.82) is 0 Å². The summed E-state index contributed by atoms with van der Waals surface area (Å²) in [6.45, 7) is 25.6. The number of hydrogen-bond donors (Lipinski definition) is 0. The number of hydrogen-bond acceptors (Lipinski definition) is 9. The summed E-state index contributed by atoms with van der Waals surface area (Å²) >= 11 is 0. The first-order valence-corrected chi connectivity index (χ1v) is 17.7. The molecule has 47 heavy (non-hydrogen) atoms. The molecule has 0 N–H and O–H groups in total. The molecule has 266 valence electrons. The summed E-state index contributed by atoms with van der Waals surface area (Å²) in [6, 6.07) is 4.52. The summed E-state index contributed by atoms with van der Waals surface area (Å²) < 4.78 is 25.7. The van der Waals surface area contributed by atoms with Gasteiger partial charge in [-0.2, -0.15) is 0 Å². The Morgan fingerprint density at radius 2 is 1.79 bits per heavy atom. The van der Waals surface area contributed by atoms with Crippen LogP contribution in [0.2, 0.25) is 0 Å². The lowest BCUT2D eigenvalue weighted by Gasteiger charge is -2.53. The van der Waals surface area contributed by atoms with Crippen LogP contribution in [0.1, 0.15) is 91.9 Å². The van der Waals surface area contributed by atoms with Crippen molar-refractivity contribution in [2.75, 3.05) is 71.5 Å². The highest BCUT2D eigenvalue weighted by Crippen LogP contribution is 2.44. The number of amides is 1. The minimum absolute atomic E-state index is 0.0391. The lowest BCUT2D eigenvalue weighted by Crippen LogP contribution is -2.62. The van der Waals surface area contributed by atoms with Crippen molar-refractivity contribution in [3.05, 3.63) is 35.9 Å². The maximum absolute atomic E-state index is 14.3. The van der Waals surface area contributed by atoms with Crippen LogP contribution in [0.3, 0.4) is 0 Å². The van der Waals surface area contributed by atoms with E-state index in [2.05, 4.69) is 50.8 Å². The third-order valence-electron chi connectivity index (χ3n) is 8.95. The number of anilines is 1. The second kappa shape index (κ2) is 19.8. The van der Waals surface area contributed by atoms with Crippen LogP contribution in [-0.4, -0.2) is 114 Å². The Kier molecular flexibility index (Phi) is 17.0. The van der Waals surface area contributed by atoms with Gasteiger partial charge in [-0.25, -0.2) is 9.37 Å². The van der Waals surface area contributed by atoms with Crippen molar-refractivity contribution in [2.45, 2.75) is 93.7 Å². The van der Waals surface area contributed by atoms with Crippen LogP contribution in [0.15, 0.2) is 24.5 Å². The van der Waals surface area contributed by atoms with E-state index in [4.69, 9.17) is 9.47 Å². The van der Waals surface area contributed by atoms with Gasteiger partial charge in [0.25, 0.3) is 11.8 Å². The molecule has 3 heterocycles. The minimum atomic E-state index is -0.498. The summed E-state index contributed by atoms with van der Waals surface area (Å²) in [7, 11) is 3.91. The molecule has 4 rings (SSSR count). The molecule has 11 heteroatoms. The van der Waals surface area contributed by atoms with Gasteiger partial charge in [-0.15, -0.1) is 10.2 Å². The van der Waals surface area contributed by atoms with E-state index in [0.29, 0.717) is 24.3 Å². The Hall–Kier alpha value is -2.89. The van der Waals surface area contributed by atoms with E-state index in [0.717, 1.165) is 52.3 Å². The zero-order valence-corrected chi connectivity index (χ0v) is 31.1. The second-order valence-corrected chi connectivity index (χ2v) is 12.8. The molecule has 10 nitrogen and oxygen atoms in total. The van der Waals surface area contributed by atoms with Crippen LogP contribution in [0.5, 0.6) is 11.6 Å². The Labute approximate surface area is 284 Å². The van der Waals surface area contributed by atoms with Crippen LogP contribution in [0.25, 0.3) is 0 Å². The summed E-state index contributed by atoms with van der Waals surface area (Å²) in [5.74, 6) is 0.871. The molecule has 2 aliphatic heterocycles. The first-order chi connectivity index (χ1) is 22.6. The van der Waals surface area contributed by atoms with Crippen LogP contribution < -0.4 is 9.64 Å². The molecule has 1 amide bonds. The number of ether oxygens (including phenoxy) is 2. The number of benzene rings is 1. The summed E-state index contributed by atoms with van der Waals surface area (Å²) in [5, 5.41) is 8.21. The maximum Gasteiger partial charge on any atom is 0.282 e. The van der Waals surface area contributed by atoms with Crippen molar-refractivity contribution in [3.8, 4) is 11.6 Å². The molecular formula is C36H62FN7O3. The van der Waals surface area contributed by atoms with Crippen molar-refractivity contribution in [3.63, 3.8) is 0 Å². The fraction of sp³-hybridized carbons (Fsp3) is 0.722. The number of nitrogens with zero attached hydrogens (tertiary/aromatic N) is 7. The second-order valence-electron chi connectivity index (χ2n) is 12.8. The topological polar surface area (TPSA) is 87.2 Å². The van der Waals surface area contributed by atoms with E-state index < -0.39 is 5.82 Å². The van der Waals surface area contributed by atoms with Gasteiger partial charge in [-0.05, 0) is 77.7 Å². The average Bonchev–Trinajstić information content (AvgIpc) is 3.50. The lowest BCUT2D eigenvalue weighted by molar-refractivity contribution is -0.0345. The standard InChI is InChI=1S/C32H50FN7O3.2C2H6/c1-8-40(24(4)5)31(41)26-18-25(33)11-12-28(26)43-30-29(34-22-35-36-30)38-15-13-32(19-38)20-39(21-32)27(23(2)3)10-9-14-37(6)16-17-42-7;2*1-2/h11-12,18,22-24,27H,8-10,13-17,19-21H2,1-7H3;2*1-2H3. The molecule has 1 aromatic heterocycles. The van der Waals surface area contributed by atoms with Crippen LogP contribution in [0, 0.1) is 17.2 Å².